The van der Waals surface area contributed by atoms with Crippen LogP contribution >= 0.6 is 11.6 Å². The Morgan fingerprint density at radius 1 is 1.12 bits per heavy atom. The molecule has 0 bridgehead atoms. The van der Waals surface area contributed by atoms with Gasteiger partial charge in [-0.15, -0.1) is 0 Å². The minimum Gasteiger partial charge on any atom is -0.491 e. The first-order valence-electron chi connectivity index (χ1n) is 15.1. The molecule has 3 heterocycles. The maximum atomic E-state index is 13.7. The fraction of sp³-hybridized carbons (Fsp3) is 0.469. The molecule has 2 saturated heterocycles. The number of aromatic nitrogens is 2. The van der Waals surface area contributed by atoms with Crippen LogP contribution < -0.4 is 15.4 Å². The Hall–Kier alpha value is -3.31. The van der Waals surface area contributed by atoms with Gasteiger partial charge in [-0.1, -0.05) is 30.5 Å². The number of benzene rings is 2. The van der Waals surface area contributed by atoms with Gasteiger partial charge in [-0.05, 0) is 48.9 Å². The van der Waals surface area contributed by atoms with Crippen LogP contribution in [0.2, 0.25) is 5.02 Å². The number of nitrogens with one attached hydrogen (secondary N) is 2. The zero-order valence-corrected chi connectivity index (χ0v) is 25.0. The van der Waals surface area contributed by atoms with Crippen molar-refractivity contribution in [3.63, 3.8) is 0 Å². The molecule has 2 aliphatic heterocycles. The average Bonchev–Trinajstić information content (AvgIpc) is 3.48. The molecular weight excluding hydrogens is 571 g/mol. The van der Waals surface area contributed by atoms with Gasteiger partial charge in [0.05, 0.1) is 36.0 Å². The topological polar surface area (TPSA) is 91.9 Å². The van der Waals surface area contributed by atoms with Crippen molar-refractivity contribution in [1.29, 1.82) is 0 Å². The van der Waals surface area contributed by atoms with Crippen LogP contribution in [-0.2, 0) is 9.53 Å². The summed E-state index contributed by atoms with van der Waals surface area (Å²) in [6.45, 7) is 7.78. The molecule has 0 atom stereocenters. The van der Waals surface area contributed by atoms with Gasteiger partial charge in [0.1, 0.15) is 23.7 Å². The summed E-state index contributed by atoms with van der Waals surface area (Å²) in [5, 5.41) is 6.88. The summed E-state index contributed by atoms with van der Waals surface area (Å²) in [6, 6.07) is 8.00. The number of halogens is 2. The first-order valence-corrected chi connectivity index (χ1v) is 15.5. The van der Waals surface area contributed by atoms with Crippen molar-refractivity contribution in [2.24, 2.45) is 5.41 Å². The van der Waals surface area contributed by atoms with Crippen LogP contribution in [0.3, 0.4) is 0 Å². The summed E-state index contributed by atoms with van der Waals surface area (Å²) in [4.78, 5) is 26.6. The second-order valence-corrected chi connectivity index (χ2v) is 12.2. The fourth-order valence-corrected chi connectivity index (χ4v) is 6.54. The predicted molar refractivity (Wildman–Crippen MR) is 167 cm³/mol. The van der Waals surface area contributed by atoms with E-state index in [1.165, 1.54) is 44.1 Å². The number of hydrogen-bond donors (Lipinski definition) is 2. The molecule has 0 radical (unpaired) electrons. The third-order valence-electron chi connectivity index (χ3n) is 8.57. The lowest BCUT2D eigenvalue weighted by Crippen LogP contribution is -2.54. The molecule has 1 spiro atoms. The highest BCUT2D eigenvalue weighted by atomic mass is 35.5. The van der Waals surface area contributed by atoms with Gasteiger partial charge in [-0.2, -0.15) is 0 Å². The normalized spacial score (nSPS) is 18.7. The van der Waals surface area contributed by atoms with Gasteiger partial charge in [0, 0.05) is 62.5 Å². The summed E-state index contributed by atoms with van der Waals surface area (Å²) < 4.78 is 25.4. The molecule has 2 aromatic carbocycles. The lowest BCUT2D eigenvalue weighted by Gasteiger charge is -2.48. The Morgan fingerprint density at radius 2 is 1.93 bits per heavy atom. The van der Waals surface area contributed by atoms with E-state index in [1.807, 2.05) is 18.2 Å². The highest BCUT2D eigenvalue weighted by molar-refractivity contribution is 6.31. The molecule has 43 heavy (non-hydrogen) atoms. The molecule has 1 aliphatic carbocycles. The third kappa shape index (κ3) is 7.44. The molecule has 2 N–H and O–H groups in total. The minimum atomic E-state index is -0.500. The van der Waals surface area contributed by atoms with Crippen molar-refractivity contribution in [3.05, 3.63) is 59.7 Å². The minimum absolute atomic E-state index is 0.00695. The Labute approximate surface area is 256 Å². The van der Waals surface area contributed by atoms with Crippen molar-refractivity contribution in [1.82, 2.24) is 19.8 Å². The van der Waals surface area contributed by atoms with E-state index in [2.05, 4.69) is 30.4 Å². The van der Waals surface area contributed by atoms with Gasteiger partial charge < -0.3 is 20.1 Å². The standard InChI is InChI=1S/C32H38ClFN6O3/c33-25-17-23(6-7-26(25)34)37-31-24-18-28(38-30(41)5-3-10-40-20-32(21-40)8-1-2-9-32)29(19-27(24)35-22-36-31)43-14-4-11-39-12-15-42-16-13-39/h3,5-7,17-19,22H,1-2,4,8-16,20-21H2,(H,38,41)(H,35,36,37). The van der Waals surface area contributed by atoms with Crippen LogP contribution in [0.25, 0.3) is 10.9 Å². The summed E-state index contributed by atoms with van der Waals surface area (Å²) in [5.41, 5.74) is 2.27. The quantitative estimate of drug-likeness (QED) is 0.214. The van der Waals surface area contributed by atoms with Crippen LogP contribution in [0.4, 0.5) is 21.6 Å². The molecule has 11 heteroatoms. The molecule has 3 fully saturated rings. The maximum Gasteiger partial charge on any atom is 0.248 e. The molecule has 1 aromatic heterocycles. The first kappa shape index (κ1) is 29.7. The number of rotatable bonds is 11. The Balaban J connectivity index is 1.16. The van der Waals surface area contributed by atoms with Gasteiger partial charge in [0.25, 0.3) is 0 Å². The molecular formula is C32H38ClFN6O3. The smallest absolute Gasteiger partial charge is 0.248 e. The van der Waals surface area contributed by atoms with E-state index in [0.29, 0.717) is 45.9 Å². The van der Waals surface area contributed by atoms with Crippen LogP contribution in [0.5, 0.6) is 5.75 Å². The van der Waals surface area contributed by atoms with E-state index in [1.54, 1.807) is 12.1 Å². The SMILES string of the molecule is O=C(C=CCN1CC2(CCCC2)C1)Nc1cc2c(Nc3ccc(F)c(Cl)c3)ncnc2cc1OCCCN1CCOCC1. The summed E-state index contributed by atoms with van der Waals surface area (Å²) in [6.07, 6.45) is 11.2. The fourth-order valence-electron chi connectivity index (χ4n) is 6.36. The molecule has 228 valence electrons. The number of hydrogen-bond acceptors (Lipinski definition) is 8. The van der Waals surface area contributed by atoms with Gasteiger partial charge in [-0.3, -0.25) is 14.6 Å². The second kappa shape index (κ2) is 13.5. The highest BCUT2D eigenvalue weighted by Crippen LogP contribution is 2.45. The number of amides is 1. The highest BCUT2D eigenvalue weighted by Gasteiger charge is 2.43. The van der Waals surface area contributed by atoms with Gasteiger partial charge in [0.15, 0.2) is 0 Å². The van der Waals surface area contributed by atoms with Gasteiger partial charge in [0.2, 0.25) is 5.91 Å². The Morgan fingerprint density at radius 3 is 2.72 bits per heavy atom. The van der Waals surface area contributed by atoms with Crippen molar-refractivity contribution in [3.8, 4) is 5.75 Å². The van der Waals surface area contributed by atoms with E-state index in [9.17, 15) is 9.18 Å². The van der Waals surface area contributed by atoms with Crippen molar-refractivity contribution < 1.29 is 18.7 Å². The number of carbonyl (C=O) groups excluding carboxylic acids is 1. The molecule has 3 aromatic rings. The van der Waals surface area contributed by atoms with E-state index >= 15 is 0 Å². The summed E-state index contributed by atoms with van der Waals surface area (Å²) in [5.74, 6) is 0.304. The van der Waals surface area contributed by atoms with Crippen LogP contribution in [0.1, 0.15) is 32.1 Å². The predicted octanol–water partition coefficient (Wildman–Crippen LogP) is 5.64. The van der Waals surface area contributed by atoms with E-state index < -0.39 is 5.82 Å². The van der Waals surface area contributed by atoms with E-state index in [0.717, 1.165) is 58.9 Å². The number of ether oxygens (including phenoxy) is 2. The maximum absolute atomic E-state index is 13.7. The lowest BCUT2D eigenvalue weighted by molar-refractivity contribution is -0.112. The Kier molecular flexibility index (Phi) is 9.37. The molecule has 3 aliphatic rings. The van der Waals surface area contributed by atoms with Crippen molar-refractivity contribution >= 4 is 45.6 Å². The molecule has 1 saturated carbocycles. The zero-order chi connectivity index (χ0) is 29.6. The molecule has 6 rings (SSSR count). The third-order valence-corrected chi connectivity index (χ3v) is 8.86. The Bertz CT molecular complexity index is 1470. The first-order chi connectivity index (χ1) is 21.0. The number of carbonyl (C=O) groups is 1. The lowest BCUT2D eigenvalue weighted by atomic mass is 9.78. The van der Waals surface area contributed by atoms with Crippen LogP contribution in [0.15, 0.2) is 48.8 Å². The van der Waals surface area contributed by atoms with Crippen molar-refractivity contribution in [2.45, 2.75) is 32.1 Å². The van der Waals surface area contributed by atoms with Crippen molar-refractivity contribution in [2.75, 3.05) is 69.7 Å². The van der Waals surface area contributed by atoms with Crippen LogP contribution in [0, 0.1) is 11.2 Å². The number of morpholine rings is 1. The van der Waals surface area contributed by atoms with E-state index in [-0.39, 0.29) is 10.9 Å². The number of likely N-dealkylation sites (tertiary alicyclic amines) is 1. The van der Waals surface area contributed by atoms with Gasteiger partial charge >= 0.3 is 0 Å². The summed E-state index contributed by atoms with van der Waals surface area (Å²) >= 11 is 5.99. The zero-order valence-electron chi connectivity index (χ0n) is 24.3. The monoisotopic (exact) mass is 608 g/mol. The molecule has 0 unspecified atom stereocenters. The number of fused-ring (bicyclic) bond motifs is 1. The van der Waals surface area contributed by atoms with Gasteiger partial charge in [-0.25, -0.2) is 14.4 Å². The molecule has 1 amide bonds. The van der Waals surface area contributed by atoms with E-state index in [4.69, 9.17) is 21.1 Å². The molecule has 9 nitrogen and oxygen atoms in total. The summed E-state index contributed by atoms with van der Waals surface area (Å²) in [7, 11) is 0. The number of anilines is 3. The average molecular weight is 609 g/mol. The largest absolute Gasteiger partial charge is 0.491 e. The van der Waals surface area contributed by atoms with Crippen LogP contribution in [-0.4, -0.2) is 84.8 Å². The number of nitrogens with zero attached hydrogens (tertiary/aromatic N) is 4. The second-order valence-electron chi connectivity index (χ2n) is 11.8.